The first-order valence-electron chi connectivity index (χ1n) is 6.98. The zero-order chi connectivity index (χ0) is 13.9. The van der Waals surface area contributed by atoms with Crippen LogP contribution in [-0.4, -0.2) is 11.8 Å². The molecule has 3 aliphatic carbocycles. The predicted octanol–water partition coefficient (Wildman–Crippen LogP) is 3.04. The molecule has 2 amide bonds. The minimum absolute atomic E-state index is 0.0404. The first kappa shape index (κ1) is 12.2. The molecule has 1 heterocycles. The third kappa shape index (κ3) is 1.53. The SMILES string of the molecule is O=C1[C@@H]2[C@H](C(=O)N1c1ccc(Cl)cc1)[C@H]1C=C[C@H]2CC1. The van der Waals surface area contributed by atoms with Crippen molar-refractivity contribution in [2.45, 2.75) is 12.8 Å². The lowest BCUT2D eigenvalue weighted by Gasteiger charge is -2.38. The molecule has 1 aromatic rings. The van der Waals surface area contributed by atoms with Crippen LogP contribution in [0.1, 0.15) is 12.8 Å². The number of carbonyl (C=O) groups is 2. The topological polar surface area (TPSA) is 37.4 Å². The van der Waals surface area contributed by atoms with Crippen molar-refractivity contribution in [3.63, 3.8) is 0 Å². The number of anilines is 1. The van der Waals surface area contributed by atoms with Crippen LogP contribution in [0.4, 0.5) is 5.69 Å². The average Bonchev–Trinajstić information content (AvgIpc) is 2.76. The van der Waals surface area contributed by atoms with Gasteiger partial charge in [0.25, 0.3) is 0 Å². The molecular weight excluding hydrogens is 274 g/mol. The van der Waals surface area contributed by atoms with Gasteiger partial charge in [-0.05, 0) is 48.9 Å². The number of rotatable bonds is 1. The summed E-state index contributed by atoms with van der Waals surface area (Å²) >= 11 is 5.87. The number of nitrogens with zero attached hydrogens (tertiary/aromatic N) is 1. The standard InChI is InChI=1S/C16H14ClNO2/c17-11-5-7-12(8-6-11)18-15(19)13-9-1-2-10(4-3-9)14(13)16(18)20/h1-2,5-10,13-14H,3-4H2/t9-,10-,13-,14+/m0/s1. The van der Waals surface area contributed by atoms with E-state index in [4.69, 9.17) is 11.6 Å². The van der Waals surface area contributed by atoms with Crippen LogP contribution in [0.15, 0.2) is 36.4 Å². The average molecular weight is 288 g/mol. The Labute approximate surface area is 122 Å². The van der Waals surface area contributed by atoms with Crippen LogP contribution in [0.2, 0.25) is 5.02 Å². The molecule has 0 unspecified atom stereocenters. The van der Waals surface area contributed by atoms with Gasteiger partial charge in [0.1, 0.15) is 0 Å². The molecule has 1 aromatic carbocycles. The van der Waals surface area contributed by atoms with Gasteiger partial charge in [-0.3, -0.25) is 14.5 Å². The van der Waals surface area contributed by atoms with Gasteiger partial charge in [0, 0.05) is 5.02 Å². The number of fused-ring (bicyclic) bond motifs is 1. The van der Waals surface area contributed by atoms with Crippen LogP contribution >= 0.6 is 11.6 Å². The van der Waals surface area contributed by atoms with E-state index in [0.717, 1.165) is 12.8 Å². The van der Waals surface area contributed by atoms with E-state index in [1.165, 1.54) is 4.90 Å². The van der Waals surface area contributed by atoms with Crippen LogP contribution in [0.5, 0.6) is 0 Å². The van der Waals surface area contributed by atoms with Gasteiger partial charge >= 0.3 is 0 Å². The highest BCUT2D eigenvalue weighted by Gasteiger charge is 2.56. The minimum atomic E-state index is -0.151. The quantitative estimate of drug-likeness (QED) is 0.588. The van der Waals surface area contributed by atoms with Crippen LogP contribution in [-0.2, 0) is 9.59 Å². The molecule has 102 valence electrons. The van der Waals surface area contributed by atoms with E-state index in [1.807, 2.05) is 0 Å². The van der Waals surface area contributed by atoms with Crippen molar-refractivity contribution in [3.05, 3.63) is 41.4 Å². The number of halogens is 1. The van der Waals surface area contributed by atoms with Crippen molar-refractivity contribution < 1.29 is 9.59 Å². The molecule has 4 atom stereocenters. The molecule has 1 saturated heterocycles. The number of hydrogen-bond donors (Lipinski definition) is 0. The van der Waals surface area contributed by atoms with Crippen molar-refractivity contribution in [2.24, 2.45) is 23.7 Å². The summed E-state index contributed by atoms with van der Waals surface area (Å²) in [5.74, 6) is 0.0871. The maximum atomic E-state index is 12.7. The Bertz CT molecular complexity index is 590. The lowest BCUT2D eigenvalue weighted by atomic mass is 9.63. The third-order valence-electron chi connectivity index (χ3n) is 4.84. The molecule has 1 aliphatic heterocycles. The lowest BCUT2D eigenvalue weighted by Crippen LogP contribution is -2.38. The monoisotopic (exact) mass is 287 g/mol. The van der Waals surface area contributed by atoms with Gasteiger partial charge < -0.3 is 0 Å². The summed E-state index contributed by atoms with van der Waals surface area (Å²) in [6.45, 7) is 0. The zero-order valence-corrected chi connectivity index (χ0v) is 11.6. The van der Waals surface area contributed by atoms with E-state index in [9.17, 15) is 9.59 Å². The van der Waals surface area contributed by atoms with Gasteiger partial charge in [0.05, 0.1) is 17.5 Å². The summed E-state index contributed by atoms with van der Waals surface area (Å²) in [7, 11) is 0. The fourth-order valence-electron chi connectivity index (χ4n) is 3.92. The third-order valence-corrected chi connectivity index (χ3v) is 5.10. The van der Waals surface area contributed by atoms with E-state index < -0.39 is 0 Å². The van der Waals surface area contributed by atoms with Crippen molar-refractivity contribution in [1.29, 1.82) is 0 Å². The normalized spacial score (nSPS) is 34.8. The Morgan fingerprint density at radius 3 is 1.85 bits per heavy atom. The second kappa shape index (κ2) is 4.19. The largest absolute Gasteiger partial charge is 0.274 e. The number of benzene rings is 1. The molecule has 4 heteroatoms. The first-order valence-corrected chi connectivity index (χ1v) is 7.36. The fraction of sp³-hybridized carbons (Fsp3) is 0.375. The number of imide groups is 1. The molecular formula is C16H14ClNO2. The highest BCUT2D eigenvalue weighted by Crippen LogP contribution is 2.50. The van der Waals surface area contributed by atoms with Crippen molar-refractivity contribution in [1.82, 2.24) is 0 Å². The van der Waals surface area contributed by atoms with Crippen LogP contribution in [0.3, 0.4) is 0 Å². The number of carbonyl (C=O) groups excluding carboxylic acids is 2. The van der Waals surface area contributed by atoms with Crippen molar-refractivity contribution >= 4 is 29.1 Å². The summed E-state index contributed by atoms with van der Waals surface area (Å²) in [5, 5.41) is 0.604. The van der Waals surface area contributed by atoms with E-state index in [-0.39, 0.29) is 35.5 Å². The Kier molecular flexibility index (Phi) is 2.55. The summed E-state index contributed by atoms with van der Waals surface area (Å²) < 4.78 is 0. The summed E-state index contributed by atoms with van der Waals surface area (Å²) in [4.78, 5) is 26.7. The molecule has 2 bridgehead atoms. The van der Waals surface area contributed by atoms with E-state index in [1.54, 1.807) is 24.3 Å². The molecule has 0 radical (unpaired) electrons. The highest BCUT2D eigenvalue weighted by molar-refractivity contribution is 6.30. The second-order valence-electron chi connectivity index (χ2n) is 5.83. The highest BCUT2D eigenvalue weighted by atomic mass is 35.5. The predicted molar refractivity (Wildman–Crippen MR) is 76.3 cm³/mol. The van der Waals surface area contributed by atoms with Crippen LogP contribution in [0, 0.1) is 23.7 Å². The van der Waals surface area contributed by atoms with E-state index in [2.05, 4.69) is 12.2 Å². The molecule has 0 aromatic heterocycles. The Morgan fingerprint density at radius 2 is 1.40 bits per heavy atom. The van der Waals surface area contributed by atoms with Gasteiger partial charge in [-0.25, -0.2) is 0 Å². The van der Waals surface area contributed by atoms with Gasteiger partial charge in [-0.2, -0.15) is 0 Å². The Hall–Kier alpha value is -1.61. The minimum Gasteiger partial charge on any atom is -0.274 e. The van der Waals surface area contributed by atoms with Gasteiger partial charge in [0.2, 0.25) is 11.8 Å². The first-order chi connectivity index (χ1) is 9.66. The van der Waals surface area contributed by atoms with Crippen LogP contribution in [0.25, 0.3) is 0 Å². The maximum absolute atomic E-state index is 12.7. The lowest BCUT2D eigenvalue weighted by molar-refractivity contribution is -0.124. The Balaban J connectivity index is 1.75. The van der Waals surface area contributed by atoms with Crippen molar-refractivity contribution in [3.8, 4) is 0 Å². The second-order valence-corrected chi connectivity index (χ2v) is 6.27. The van der Waals surface area contributed by atoms with Gasteiger partial charge in [-0.1, -0.05) is 23.8 Å². The van der Waals surface area contributed by atoms with Crippen LogP contribution < -0.4 is 4.90 Å². The van der Waals surface area contributed by atoms with Gasteiger partial charge in [-0.15, -0.1) is 0 Å². The van der Waals surface area contributed by atoms with E-state index in [0.29, 0.717) is 10.7 Å². The molecule has 1 saturated carbocycles. The molecule has 5 rings (SSSR count). The zero-order valence-electron chi connectivity index (χ0n) is 10.8. The molecule has 0 spiro atoms. The van der Waals surface area contributed by atoms with Crippen molar-refractivity contribution in [2.75, 3.05) is 4.90 Å². The number of amides is 2. The maximum Gasteiger partial charge on any atom is 0.238 e. The molecule has 0 N–H and O–H groups in total. The molecule has 4 aliphatic rings. The number of allylic oxidation sites excluding steroid dienone is 2. The smallest absolute Gasteiger partial charge is 0.238 e. The fourth-order valence-corrected chi connectivity index (χ4v) is 4.04. The van der Waals surface area contributed by atoms with Gasteiger partial charge in [0.15, 0.2) is 0 Å². The van der Waals surface area contributed by atoms with E-state index >= 15 is 0 Å². The molecule has 20 heavy (non-hydrogen) atoms. The summed E-state index contributed by atoms with van der Waals surface area (Å²) in [5.41, 5.74) is 0.637. The Morgan fingerprint density at radius 1 is 0.900 bits per heavy atom. The number of hydrogen-bond acceptors (Lipinski definition) is 2. The molecule has 3 nitrogen and oxygen atoms in total. The molecule has 2 fully saturated rings. The summed E-state index contributed by atoms with van der Waals surface area (Å²) in [6, 6.07) is 6.91. The summed E-state index contributed by atoms with van der Waals surface area (Å²) in [6.07, 6.45) is 6.31.